The molecule has 25 heavy (non-hydrogen) atoms. The van der Waals surface area contributed by atoms with Crippen molar-refractivity contribution in [3.63, 3.8) is 0 Å². The number of hydrogen-bond donors (Lipinski definition) is 3. The number of nitrogens with zero attached hydrogens (tertiary/aromatic N) is 1. The molecule has 2 aromatic heterocycles. The average molecular weight is 337 g/mol. The van der Waals surface area contributed by atoms with Crippen LogP contribution in [0.25, 0.3) is 0 Å². The molecule has 0 fully saturated rings. The summed E-state index contributed by atoms with van der Waals surface area (Å²) in [5.41, 5.74) is 2.32. The molecule has 6 nitrogen and oxygen atoms in total. The number of aliphatic hydroxyl groups excluding tert-OH is 1. The highest BCUT2D eigenvalue weighted by atomic mass is 16.4. The minimum absolute atomic E-state index is 0.224. The van der Waals surface area contributed by atoms with Crippen LogP contribution in [0, 0.1) is 6.92 Å². The second-order valence-electron chi connectivity index (χ2n) is 5.66. The van der Waals surface area contributed by atoms with Crippen molar-refractivity contribution >= 4 is 17.4 Å². The van der Waals surface area contributed by atoms with Gasteiger partial charge in [-0.3, -0.25) is 4.79 Å². The first-order valence-electron chi connectivity index (χ1n) is 7.91. The highest BCUT2D eigenvalue weighted by molar-refractivity contribution is 6.04. The normalized spacial score (nSPS) is 11.8. The van der Waals surface area contributed by atoms with Crippen molar-refractivity contribution in [2.24, 2.45) is 0 Å². The summed E-state index contributed by atoms with van der Waals surface area (Å²) >= 11 is 0. The van der Waals surface area contributed by atoms with Gasteiger partial charge in [0.2, 0.25) is 0 Å². The summed E-state index contributed by atoms with van der Waals surface area (Å²) in [7, 11) is 0. The molecule has 1 aromatic carbocycles. The van der Waals surface area contributed by atoms with Crippen LogP contribution in [0.1, 0.15) is 27.8 Å². The van der Waals surface area contributed by atoms with Crippen LogP contribution in [0.4, 0.5) is 11.5 Å². The third-order valence-electron chi connectivity index (χ3n) is 3.68. The molecule has 0 radical (unpaired) electrons. The molecule has 0 aliphatic carbocycles. The van der Waals surface area contributed by atoms with Crippen LogP contribution in [-0.4, -0.2) is 22.5 Å². The van der Waals surface area contributed by atoms with E-state index in [9.17, 15) is 9.90 Å². The number of nitrogens with one attached hydrogen (secondary N) is 2. The fourth-order valence-electron chi connectivity index (χ4n) is 2.26. The van der Waals surface area contributed by atoms with Gasteiger partial charge in [0.25, 0.3) is 5.91 Å². The van der Waals surface area contributed by atoms with E-state index < -0.39 is 6.10 Å². The summed E-state index contributed by atoms with van der Waals surface area (Å²) in [6.45, 7) is 2.25. The Kier molecular flexibility index (Phi) is 5.11. The van der Waals surface area contributed by atoms with Crippen molar-refractivity contribution in [3.05, 3.63) is 77.9 Å². The Morgan fingerprint density at radius 2 is 2.00 bits per heavy atom. The smallest absolute Gasteiger partial charge is 0.257 e. The number of aromatic nitrogens is 1. The molecule has 3 rings (SSSR count). The average Bonchev–Trinajstić information content (AvgIpc) is 3.17. The molecule has 0 bridgehead atoms. The fourth-order valence-corrected chi connectivity index (χ4v) is 2.26. The maximum atomic E-state index is 12.2. The Labute approximate surface area is 145 Å². The first-order chi connectivity index (χ1) is 12.1. The van der Waals surface area contributed by atoms with Gasteiger partial charge in [0.15, 0.2) is 0 Å². The molecular formula is C19H19N3O3. The van der Waals surface area contributed by atoms with E-state index in [1.165, 1.54) is 12.5 Å². The quantitative estimate of drug-likeness (QED) is 0.642. The largest absolute Gasteiger partial charge is 0.467 e. The Balaban J connectivity index is 1.56. The van der Waals surface area contributed by atoms with Crippen LogP contribution in [0.5, 0.6) is 0 Å². The number of rotatable bonds is 6. The maximum absolute atomic E-state index is 12.2. The standard InChI is InChI=1S/C19H19N3O3/c1-13-4-7-15(8-5-13)22-19(24)14-6-9-18(20-11-14)21-12-16(23)17-3-2-10-25-17/h2-11,16,23H,12H2,1H3,(H,20,21)(H,22,24)/t16-/m0/s1. The van der Waals surface area contributed by atoms with Gasteiger partial charge in [-0.25, -0.2) is 4.98 Å². The topological polar surface area (TPSA) is 87.4 Å². The van der Waals surface area contributed by atoms with E-state index in [1.54, 1.807) is 24.3 Å². The van der Waals surface area contributed by atoms with E-state index in [0.29, 0.717) is 17.1 Å². The van der Waals surface area contributed by atoms with Crippen LogP contribution in [0.15, 0.2) is 65.4 Å². The highest BCUT2D eigenvalue weighted by Crippen LogP contribution is 2.15. The van der Waals surface area contributed by atoms with E-state index in [4.69, 9.17) is 4.42 Å². The van der Waals surface area contributed by atoms with E-state index in [-0.39, 0.29) is 12.5 Å². The van der Waals surface area contributed by atoms with Crippen LogP contribution in [0.2, 0.25) is 0 Å². The maximum Gasteiger partial charge on any atom is 0.257 e. The van der Waals surface area contributed by atoms with Crippen LogP contribution < -0.4 is 10.6 Å². The van der Waals surface area contributed by atoms with Crippen molar-refractivity contribution in [1.29, 1.82) is 0 Å². The lowest BCUT2D eigenvalue weighted by Crippen LogP contribution is -2.14. The van der Waals surface area contributed by atoms with Crippen molar-refractivity contribution in [2.75, 3.05) is 17.2 Å². The number of pyridine rings is 1. The molecule has 0 saturated carbocycles. The molecule has 6 heteroatoms. The number of aliphatic hydroxyl groups is 1. The van der Waals surface area contributed by atoms with Gasteiger partial charge >= 0.3 is 0 Å². The number of anilines is 2. The fraction of sp³-hybridized carbons (Fsp3) is 0.158. The lowest BCUT2D eigenvalue weighted by molar-refractivity contribution is 0.102. The molecule has 3 N–H and O–H groups in total. The highest BCUT2D eigenvalue weighted by Gasteiger charge is 2.11. The second kappa shape index (κ2) is 7.63. The lowest BCUT2D eigenvalue weighted by Gasteiger charge is -2.10. The summed E-state index contributed by atoms with van der Waals surface area (Å²) in [4.78, 5) is 16.4. The van der Waals surface area contributed by atoms with Gasteiger partial charge in [-0.1, -0.05) is 17.7 Å². The molecule has 0 unspecified atom stereocenters. The van der Waals surface area contributed by atoms with Crippen LogP contribution >= 0.6 is 0 Å². The van der Waals surface area contributed by atoms with Gasteiger partial charge in [-0.05, 0) is 43.3 Å². The van der Waals surface area contributed by atoms with E-state index in [2.05, 4.69) is 15.6 Å². The van der Waals surface area contributed by atoms with Gasteiger partial charge in [-0.2, -0.15) is 0 Å². The molecule has 2 heterocycles. The number of benzene rings is 1. The van der Waals surface area contributed by atoms with E-state index in [0.717, 1.165) is 11.3 Å². The SMILES string of the molecule is Cc1ccc(NC(=O)c2ccc(NC[C@H](O)c3ccco3)nc2)cc1. The zero-order valence-corrected chi connectivity index (χ0v) is 13.8. The number of carbonyl (C=O) groups is 1. The van der Waals surface area contributed by atoms with Crippen molar-refractivity contribution in [3.8, 4) is 0 Å². The third kappa shape index (κ3) is 4.45. The summed E-state index contributed by atoms with van der Waals surface area (Å²) in [6.07, 6.45) is 2.24. The summed E-state index contributed by atoms with van der Waals surface area (Å²) in [5, 5.41) is 15.8. The van der Waals surface area contributed by atoms with Gasteiger partial charge < -0.3 is 20.2 Å². The lowest BCUT2D eigenvalue weighted by atomic mass is 10.2. The minimum Gasteiger partial charge on any atom is -0.467 e. The van der Waals surface area contributed by atoms with Gasteiger partial charge in [0.1, 0.15) is 17.7 Å². The molecule has 3 aromatic rings. The van der Waals surface area contributed by atoms with Gasteiger partial charge in [0.05, 0.1) is 11.8 Å². The molecule has 0 aliphatic rings. The number of amides is 1. The van der Waals surface area contributed by atoms with Crippen LogP contribution in [0.3, 0.4) is 0 Å². The predicted molar refractivity (Wildman–Crippen MR) is 95.5 cm³/mol. The molecular weight excluding hydrogens is 318 g/mol. The van der Waals surface area contributed by atoms with E-state index in [1.807, 2.05) is 31.2 Å². The number of hydrogen-bond acceptors (Lipinski definition) is 5. The summed E-state index contributed by atoms with van der Waals surface area (Å²) in [6, 6.07) is 14.4. The van der Waals surface area contributed by atoms with Gasteiger partial charge in [-0.15, -0.1) is 0 Å². The zero-order valence-electron chi connectivity index (χ0n) is 13.8. The Morgan fingerprint density at radius 1 is 1.20 bits per heavy atom. The van der Waals surface area contributed by atoms with Gasteiger partial charge in [0, 0.05) is 18.4 Å². The van der Waals surface area contributed by atoms with Crippen LogP contribution in [-0.2, 0) is 0 Å². The molecule has 1 amide bonds. The number of furan rings is 1. The Bertz CT molecular complexity index is 812. The molecule has 0 spiro atoms. The Morgan fingerprint density at radius 3 is 2.64 bits per heavy atom. The third-order valence-corrected chi connectivity index (χ3v) is 3.68. The second-order valence-corrected chi connectivity index (χ2v) is 5.66. The summed E-state index contributed by atoms with van der Waals surface area (Å²) in [5.74, 6) is 0.831. The molecule has 1 atom stereocenters. The molecule has 128 valence electrons. The first kappa shape index (κ1) is 16.7. The van der Waals surface area contributed by atoms with Crippen molar-refractivity contribution in [1.82, 2.24) is 4.98 Å². The van der Waals surface area contributed by atoms with Crippen molar-refractivity contribution in [2.45, 2.75) is 13.0 Å². The molecule has 0 aliphatic heterocycles. The first-order valence-corrected chi connectivity index (χ1v) is 7.91. The minimum atomic E-state index is -0.763. The molecule has 0 saturated heterocycles. The predicted octanol–water partition coefficient (Wildman–Crippen LogP) is 3.38. The van der Waals surface area contributed by atoms with Crippen molar-refractivity contribution < 1.29 is 14.3 Å². The van der Waals surface area contributed by atoms with E-state index >= 15 is 0 Å². The monoisotopic (exact) mass is 337 g/mol. The number of aryl methyl sites for hydroxylation is 1. The summed E-state index contributed by atoms with van der Waals surface area (Å²) < 4.78 is 5.13. The number of carbonyl (C=O) groups excluding carboxylic acids is 1. The zero-order chi connectivity index (χ0) is 17.6. The Hall–Kier alpha value is -3.12.